The van der Waals surface area contributed by atoms with Crippen molar-refractivity contribution in [3.05, 3.63) is 47.5 Å². The van der Waals surface area contributed by atoms with E-state index in [1.165, 1.54) is 12.1 Å². The number of hydrogen-bond donors (Lipinski definition) is 5. The lowest BCUT2D eigenvalue weighted by atomic mass is 10.1. The quantitative estimate of drug-likeness (QED) is 0.332. The zero-order valence-electron chi connectivity index (χ0n) is 9.91. The second kappa shape index (κ2) is 5.32. The van der Waals surface area contributed by atoms with Crippen LogP contribution in [0.25, 0.3) is 12.2 Å². The molecule has 0 saturated carbocycles. The van der Waals surface area contributed by atoms with Gasteiger partial charge >= 0.3 is 0 Å². The van der Waals surface area contributed by atoms with E-state index in [0.717, 1.165) is 5.56 Å². The molecular formula is C14H13NO4. The third-order valence-corrected chi connectivity index (χ3v) is 2.60. The van der Waals surface area contributed by atoms with Gasteiger partial charge in [0.2, 0.25) is 0 Å². The molecule has 0 bridgehead atoms. The number of anilines is 1. The molecule has 0 atom stereocenters. The standard InChI is InChI=1S/C14H13NO4/c16-12-7-10(8-13(17)14(12)18)2-1-9-3-5-11(15-19)6-4-9/h1-8,15-19H/b2-1+. The molecule has 0 aromatic heterocycles. The summed E-state index contributed by atoms with van der Waals surface area (Å²) < 4.78 is 0. The molecule has 0 fully saturated rings. The van der Waals surface area contributed by atoms with Gasteiger partial charge < -0.3 is 15.3 Å². The van der Waals surface area contributed by atoms with Gasteiger partial charge in [-0.15, -0.1) is 0 Å². The number of hydrogen-bond acceptors (Lipinski definition) is 5. The fourth-order valence-electron chi connectivity index (χ4n) is 1.58. The van der Waals surface area contributed by atoms with Crippen LogP contribution in [0, 0.1) is 0 Å². The first-order chi connectivity index (χ1) is 9.10. The van der Waals surface area contributed by atoms with Gasteiger partial charge in [0.05, 0.1) is 5.69 Å². The zero-order chi connectivity index (χ0) is 13.8. The molecule has 0 aliphatic carbocycles. The Bertz CT molecular complexity index is 582. The highest BCUT2D eigenvalue weighted by Crippen LogP contribution is 2.35. The van der Waals surface area contributed by atoms with Crippen molar-refractivity contribution in [1.29, 1.82) is 0 Å². The van der Waals surface area contributed by atoms with Crippen LogP contribution in [-0.2, 0) is 0 Å². The Morgan fingerprint density at radius 1 is 0.789 bits per heavy atom. The average molecular weight is 259 g/mol. The number of phenolic OH excluding ortho intramolecular Hbond substituents is 3. The van der Waals surface area contributed by atoms with Crippen LogP contribution in [0.3, 0.4) is 0 Å². The van der Waals surface area contributed by atoms with Gasteiger partial charge in [-0.25, -0.2) is 0 Å². The molecule has 0 amide bonds. The van der Waals surface area contributed by atoms with Gasteiger partial charge in [-0.2, -0.15) is 0 Å². The highest BCUT2D eigenvalue weighted by atomic mass is 16.5. The molecule has 0 saturated heterocycles. The van der Waals surface area contributed by atoms with Gasteiger partial charge in [-0.05, 0) is 35.4 Å². The number of phenols is 3. The summed E-state index contributed by atoms with van der Waals surface area (Å²) in [6, 6.07) is 9.66. The van der Waals surface area contributed by atoms with Gasteiger partial charge in [-0.1, -0.05) is 24.3 Å². The first-order valence-corrected chi connectivity index (χ1v) is 5.53. The van der Waals surface area contributed by atoms with Crippen LogP contribution >= 0.6 is 0 Å². The summed E-state index contributed by atoms with van der Waals surface area (Å²) in [5, 5.41) is 36.6. The third-order valence-electron chi connectivity index (χ3n) is 2.60. The summed E-state index contributed by atoms with van der Waals surface area (Å²) in [5.41, 5.74) is 4.05. The van der Waals surface area contributed by atoms with Crippen LogP contribution < -0.4 is 5.48 Å². The lowest BCUT2D eigenvalue weighted by Crippen LogP contribution is -1.87. The van der Waals surface area contributed by atoms with Crippen LogP contribution in [0.15, 0.2) is 36.4 Å². The lowest BCUT2D eigenvalue weighted by Gasteiger charge is -2.02. The highest BCUT2D eigenvalue weighted by Gasteiger charge is 2.06. The Labute approximate surface area is 109 Å². The van der Waals surface area contributed by atoms with Crippen molar-refractivity contribution in [3.63, 3.8) is 0 Å². The van der Waals surface area contributed by atoms with E-state index >= 15 is 0 Å². The minimum Gasteiger partial charge on any atom is -0.504 e. The smallest absolute Gasteiger partial charge is 0.200 e. The average Bonchev–Trinajstić information content (AvgIpc) is 2.43. The van der Waals surface area contributed by atoms with E-state index in [9.17, 15) is 15.3 Å². The van der Waals surface area contributed by atoms with Crippen molar-refractivity contribution in [3.8, 4) is 17.2 Å². The first-order valence-electron chi connectivity index (χ1n) is 5.53. The molecule has 2 aromatic carbocycles. The van der Waals surface area contributed by atoms with Crippen molar-refractivity contribution < 1.29 is 20.5 Å². The Balaban J connectivity index is 2.22. The molecule has 5 N–H and O–H groups in total. The maximum absolute atomic E-state index is 9.37. The van der Waals surface area contributed by atoms with Crippen LogP contribution in [-0.4, -0.2) is 20.5 Å². The van der Waals surface area contributed by atoms with Crippen LogP contribution in [0.5, 0.6) is 17.2 Å². The molecular weight excluding hydrogens is 246 g/mol. The molecule has 0 heterocycles. The van der Waals surface area contributed by atoms with E-state index in [-0.39, 0.29) is 11.5 Å². The molecule has 0 aliphatic heterocycles. The van der Waals surface area contributed by atoms with E-state index < -0.39 is 5.75 Å². The Morgan fingerprint density at radius 3 is 1.84 bits per heavy atom. The van der Waals surface area contributed by atoms with E-state index in [2.05, 4.69) is 0 Å². The first kappa shape index (κ1) is 12.8. The largest absolute Gasteiger partial charge is 0.504 e. The molecule has 0 radical (unpaired) electrons. The zero-order valence-corrected chi connectivity index (χ0v) is 9.91. The predicted octanol–water partition coefficient (Wildman–Crippen LogP) is 2.77. The number of benzene rings is 2. The van der Waals surface area contributed by atoms with Crippen molar-refractivity contribution in [2.75, 3.05) is 5.48 Å². The second-order valence-corrected chi connectivity index (χ2v) is 3.97. The summed E-state index contributed by atoms with van der Waals surface area (Å²) in [4.78, 5) is 0. The minimum atomic E-state index is -0.532. The molecule has 5 heteroatoms. The molecule has 2 rings (SSSR count). The molecule has 5 nitrogen and oxygen atoms in total. The van der Waals surface area contributed by atoms with E-state index in [1.54, 1.807) is 36.4 Å². The van der Waals surface area contributed by atoms with Crippen LogP contribution in [0.1, 0.15) is 11.1 Å². The van der Waals surface area contributed by atoms with Gasteiger partial charge in [-0.3, -0.25) is 10.7 Å². The molecule has 98 valence electrons. The van der Waals surface area contributed by atoms with E-state index in [1.807, 2.05) is 5.48 Å². The summed E-state index contributed by atoms with van der Waals surface area (Å²) >= 11 is 0. The molecule has 0 spiro atoms. The number of aromatic hydroxyl groups is 3. The van der Waals surface area contributed by atoms with Crippen LogP contribution in [0.2, 0.25) is 0 Å². The molecule has 2 aromatic rings. The molecule has 0 aliphatic rings. The predicted molar refractivity (Wildman–Crippen MR) is 72.2 cm³/mol. The van der Waals surface area contributed by atoms with Gasteiger partial charge in [0.15, 0.2) is 17.2 Å². The maximum Gasteiger partial charge on any atom is 0.200 e. The summed E-state index contributed by atoms with van der Waals surface area (Å²) in [7, 11) is 0. The van der Waals surface area contributed by atoms with Gasteiger partial charge in [0, 0.05) is 0 Å². The Hall–Kier alpha value is -2.66. The van der Waals surface area contributed by atoms with Gasteiger partial charge in [0.25, 0.3) is 0 Å². The SMILES string of the molecule is ONc1ccc(/C=C/c2cc(O)c(O)c(O)c2)cc1. The Morgan fingerprint density at radius 2 is 1.32 bits per heavy atom. The molecule has 19 heavy (non-hydrogen) atoms. The van der Waals surface area contributed by atoms with Gasteiger partial charge in [0.1, 0.15) is 0 Å². The summed E-state index contributed by atoms with van der Waals surface area (Å²) in [5.74, 6) is -1.28. The Kier molecular flexibility index (Phi) is 3.58. The summed E-state index contributed by atoms with van der Waals surface area (Å²) in [6.07, 6.45) is 3.45. The minimum absolute atomic E-state index is 0.375. The van der Waals surface area contributed by atoms with Crippen molar-refractivity contribution >= 4 is 17.8 Å². The van der Waals surface area contributed by atoms with E-state index in [4.69, 9.17) is 5.21 Å². The fourth-order valence-corrected chi connectivity index (χ4v) is 1.58. The number of nitrogens with one attached hydrogen (secondary N) is 1. The maximum atomic E-state index is 9.37. The molecule has 0 unspecified atom stereocenters. The fraction of sp³-hybridized carbons (Fsp3) is 0. The highest BCUT2D eigenvalue weighted by molar-refractivity contribution is 5.72. The monoisotopic (exact) mass is 259 g/mol. The number of rotatable bonds is 3. The van der Waals surface area contributed by atoms with E-state index in [0.29, 0.717) is 11.3 Å². The second-order valence-electron chi connectivity index (χ2n) is 3.97. The third kappa shape index (κ3) is 2.97. The van der Waals surface area contributed by atoms with Crippen molar-refractivity contribution in [2.45, 2.75) is 0 Å². The summed E-state index contributed by atoms with van der Waals surface area (Å²) in [6.45, 7) is 0. The van der Waals surface area contributed by atoms with Crippen LogP contribution in [0.4, 0.5) is 5.69 Å². The topological polar surface area (TPSA) is 93.0 Å². The lowest BCUT2D eigenvalue weighted by molar-refractivity contribution is 0.368. The van der Waals surface area contributed by atoms with Crippen molar-refractivity contribution in [1.82, 2.24) is 0 Å². The normalized spacial score (nSPS) is 10.8. The van der Waals surface area contributed by atoms with Crippen molar-refractivity contribution in [2.24, 2.45) is 0 Å².